The average Bonchev–Trinajstić information content (AvgIpc) is 3.03. The molecule has 0 N–H and O–H groups in total. The average molecular weight is 355 g/mol. The van der Waals surface area contributed by atoms with Crippen molar-refractivity contribution in [2.45, 2.75) is 13.5 Å². The fourth-order valence-electron chi connectivity index (χ4n) is 3.43. The molecule has 0 aliphatic heterocycles. The molecule has 3 aromatic carbocycles. The molecule has 0 amide bonds. The van der Waals surface area contributed by atoms with Crippen LogP contribution >= 0.6 is 0 Å². The summed E-state index contributed by atoms with van der Waals surface area (Å²) in [7, 11) is 1.67. The van der Waals surface area contributed by atoms with Crippen molar-refractivity contribution in [2.24, 2.45) is 0 Å². The zero-order valence-corrected chi connectivity index (χ0v) is 15.5. The second-order valence-corrected chi connectivity index (χ2v) is 6.72. The van der Waals surface area contributed by atoms with Crippen molar-refractivity contribution >= 4 is 16.7 Å². The van der Waals surface area contributed by atoms with E-state index in [1.165, 1.54) is 16.5 Å². The van der Waals surface area contributed by atoms with Crippen LogP contribution in [-0.4, -0.2) is 17.5 Å². The molecular formula is C24H21NO2. The predicted molar refractivity (Wildman–Crippen MR) is 109 cm³/mol. The molecule has 0 saturated carbocycles. The van der Waals surface area contributed by atoms with Gasteiger partial charge in [0.2, 0.25) is 0 Å². The predicted octanol–water partition coefficient (Wildman–Crippen LogP) is 5.24. The maximum absolute atomic E-state index is 12.8. The molecule has 134 valence electrons. The first kappa shape index (κ1) is 17.1. The van der Waals surface area contributed by atoms with E-state index in [9.17, 15) is 4.79 Å². The summed E-state index contributed by atoms with van der Waals surface area (Å²) >= 11 is 0. The molecule has 0 aliphatic carbocycles. The van der Waals surface area contributed by atoms with Gasteiger partial charge in [0.05, 0.1) is 7.11 Å². The number of rotatable bonds is 5. The van der Waals surface area contributed by atoms with Gasteiger partial charge in [0.15, 0.2) is 5.78 Å². The van der Waals surface area contributed by atoms with Crippen LogP contribution in [0.1, 0.15) is 27.0 Å². The third kappa shape index (κ3) is 3.36. The van der Waals surface area contributed by atoms with Gasteiger partial charge in [-0.1, -0.05) is 54.6 Å². The van der Waals surface area contributed by atoms with Crippen molar-refractivity contribution in [3.05, 3.63) is 101 Å². The Morgan fingerprint density at radius 1 is 0.926 bits per heavy atom. The van der Waals surface area contributed by atoms with Gasteiger partial charge in [-0.15, -0.1) is 0 Å². The van der Waals surface area contributed by atoms with Crippen molar-refractivity contribution in [2.75, 3.05) is 7.11 Å². The van der Waals surface area contributed by atoms with Crippen molar-refractivity contribution in [1.29, 1.82) is 0 Å². The van der Waals surface area contributed by atoms with Crippen LogP contribution in [-0.2, 0) is 6.54 Å². The molecule has 3 heteroatoms. The SMILES string of the molecule is COc1ccc(Cn2cc(C)c3ccc(C(=O)c4ccccc4)cc32)cc1. The van der Waals surface area contributed by atoms with Crippen LogP contribution in [0.25, 0.3) is 10.9 Å². The summed E-state index contributed by atoms with van der Waals surface area (Å²) in [6, 6.07) is 23.5. The normalized spacial score (nSPS) is 10.9. The lowest BCUT2D eigenvalue weighted by molar-refractivity contribution is 0.103. The molecule has 1 heterocycles. The number of benzene rings is 3. The largest absolute Gasteiger partial charge is 0.497 e. The number of ether oxygens (including phenoxy) is 1. The minimum atomic E-state index is 0.0485. The van der Waals surface area contributed by atoms with Crippen molar-refractivity contribution in [3.63, 3.8) is 0 Å². The maximum atomic E-state index is 12.8. The molecule has 27 heavy (non-hydrogen) atoms. The number of aryl methyl sites for hydroxylation is 1. The molecule has 0 unspecified atom stereocenters. The van der Waals surface area contributed by atoms with Crippen LogP contribution in [0.2, 0.25) is 0 Å². The van der Waals surface area contributed by atoms with Gasteiger partial charge < -0.3 is 9.30 Å². The monoisotopic (exact) mass is 355 g/mol. The number of carbonyl (C=O) groups is 1. The molecule has 0 fully saturated rings. The van der Waals surface area contributed by atoms with E-state index in [4.69, 9.17) is 4.74 Å². The van der Waals surface area contributed by atoms with E-state index in [0.717, 1.165) is 17.8 Å². The molecule has 4 aromatic rings. The quantitative estimate of drug-likeness (QED) is 0.459. The van der Waals surface area contributed by atoms with Crippen LogP contribution in [0.4, 0.5) is 0 Å². The van der Waals surface area contributed by atoms with Crippen molar-refractivity contribution in [3.8, 4) is 5.75 Å². The van der Waals surface area contributed by atoms with E-state index in [1.807, 2.05) is 60.7 Å². The number of fused-ring (bicyclic) bond motifs is 1. The summed E-state index contributed by atoms with van der Waals surface area (Å²) in [6.45, 7) is 2.85. The van der Waals surface area contributed by atoms with E-state index < -0.39 is 0 Å². The molecule has 3 nitrogen and oxygen atoms in total. The van der Waals surface area contributed by atoms with Gasteiger partial charge in [-0.05, 0) is 36.2 Å². The first-order valence-electron chi connectivity index (χ1n) is 8.98. The van der Waals surface area contributed by atoms with Gasteiger partial charge in [0, 0.05) is 34.8 Å². The first-order valence-corrected chi connectivity index (χ1v) is 8.98. The Bertz CT molecular complexity index is 1090. The standard InChI is InChI=1S/C24H21NO2/c1-17-15-25(16-18-8-11-21(27-2)12-9-18)23-14-20(10-13-22(17)23)24(26)19-6-4-3-5-7-19/h3-15H,16H2,1-2H3. The summed E-state index contributed by atoms with van der Waals surface area (Å²) in [5.41, 5.74) is 4.89. The fraction of sp³-hybridized carbons (Fsp3) is 0.125. The maximum Gasteiger partial charge on any atom is 0.193 e. The Kier molecular flexibility index (Phi) is 4.51. The van der Waals surface area contributed by atoms with Crippen molar-refractivity contribution < 1.29 is 9.53 Å². The molecule has 0 atom stereocenters. The molecule has 4 rings (SSSR count). The Morgan fingerprint density at radius 2 is 1.67 bits per heavy atom. The van der Waals surface area contributed by atoms with Crippen LogP contribution in [0.5, 0.6) is 5.75 Å². The van der Waals surface area contributed by atoms with E-state index in [2.05, 4.69) is 29.8 Å². The number of carbonyl (C=O) groups excluding carboxylic acids is 1. The van der Waals surface area contributed by atoms with Gasteiger partial charge >= 0.3 is 0 Å². The van der Waals surface area contributed by atoms with Gasteiger partial charge in [-0.2, -0.15) is 0 Å². The smallest absolute Gasteiger partial charge is 0.193 e. The molecule has 0 spiro atoms. The fourth-order valence-corrected chi connectivity index (χ4v) is 3.43. The van der Waals surface area contributed by atoms with Gasteiger partial charge in [-0.3, -0.25) is 4.79 Å². The molecule has 1 aromatic heterocycles. The second-order valence-electron chi connectivity index (χ2n) is 6.72. The third-order valence-electron chi connectivity index (χ3n) is 4.89. The lowest BCUT2D eigenvalue weighted by Gasteiger charge is -2.08. The number of hydrogen-bond acceptors (Lipinski definition) is 2. The minimum absolute atomic E-state index is 0.0485. The summed E-state index contributed by atoms with van der Waals surface area (Å²) in [6.07, 6.45) is 2.14. The van der Waals surface area contributed by atoms with Crippen LogP contribution < -0.4 is 4.74 Å². The lowest BCUT2D eigenvalue weighted by atomic mass is 10.0. The Balaban J connectivity index is 1.71. The summed E-state index contributed by atoms with van der Waals surface area (Å²) < 4.78 is 7.44. The van der Waals surface area contributed by atoms with Gasteiger partial charge in [-0.25, -0.2) is 0 Å². The number of nitrogens with zero attached hydrogens (tertiary/aromatic N) is 1. The van der Waals surface area contributed by atoms with E-state index in [-0.39, 0.29) is 5.78 Å². The number of ketones is 1. The minimum Gasteiger partial charge on any atom is -0.497 e. The third-order valence-corrected chi connectivity index (χ3v) is 4.89. The zero-order valence-electron chi connectivity index (χ0n) is 15.5. The summed E-state index contributed by atoms with van der Waals surface area (Å²) in [5, 5.41) is 1.17. The Labute approximate surface area is 158 Å². The Morgan fingerprint density at radius 3 is 2.37 bits per heavy atom. The molecule has 0 saturated heterocycles. The highest BCUT2D eigenvalue weighted by atomic mass is 16.5. The van der Waals surface area contributed by atoms with E-state index in [1.54, 1.807) is 7.11 Å². The number of aromatic nitrogens is 1. The first-order chi connectivity index (χ1) is 13.2. The topological polar surface area (TPSA) is 31.2 Å². The summed E-state index contributed by atoms with van der Waals surface area (Å²) in [5.74, 6) is 0.899. The molecule has 0 radical (unpaired) electrons. The number of methoxy groups -OCH3 is 1. The molecular weight excluding hydrogens is 334 g/mol. The van der Waals surface area contributed by atoms with Crippen molar-refractivity contribution in [1.82, 2.24) is 4.57 Å². The lowest BCUT2D eigenvalue weighted by Crippen LogP contribution is -2.02. The highest BCUT2D eigenvalue weighted by Gasteiger charge is 2.12. The van der Waals surface area contributed by atoms with Gasteiger partial charge in [0.1, 0.15) is 5.75 Å². The molecule has 0 bridgehead atoms. The van der Waals surface area contributed by atoms with Crippen LogP contribution in [0.3, 0.4) is 0 Å². The Hall–Kier alpha value is -3.33. The molecule has 0 aliphatic rings. The zero-order chi connectivity index (χ0) is 18.8. The van der Waals surface area contributed by atoms with Crippen LogP contribution in [0, 0.1) is 6.92 Å². The van der Waals surface area contributed by atoms with Crippen LogP contribution in [0.15, 0.2) is 79.0 Å². The number of hydrogen-bond donors (Lipinski definition) is 0. The highest BCUT2D eigenvalue weighted by molar-refractivity contribution is 6.10. The second kappa shape index (κ2) is 7.12. The van der Waals surface area contributed by atoms with E-state index in [0.29, 0.717) is 11.1 Å². The van der Waals surface area contributed by atoms with Gasteiger partial charge in [0.25, 0.3) is 0 Å². The van der Waals surface area contributed by atoms with E-state index >= 15 is 0 Å². The highest BCUT2D eigenvalue weighted by Crippen LogP contribution is 2.25. The summed E-state index contributed by atoms with van der Waals surface area (Å²) in [4.78, 5) is 12.8.